The second-order valence-electron chi connectivity index (χ2n) is 9.25. The minimum atomic E-state index is -1.16. The third-order valence-electron chi connectivity index (χ3n) is 3.66. The van der Waals surface area contributed by atoms with Gasteiger partial charge in [-0.05, 0) is 61.3 Å². The Kier molecular flexibility index (Phi) is 12.3. The van der Waals surface area contributed by atoms with Crippen LogP contribution in [0.4, 0.5) is 9.59 Å². The van der Waals surface area contributed by atoms with Gasteiger partial charge in [-0.25, -0.2) is 9.59 Å². The summed E-state index contributed by atoms with van der Waals surface area (Å²) in [5.41, 5.74) is -1.42. The van der Waals surface area contributed by atoms with E-state index in [2.05, 4.69) is 20.9 Å². The standard InChI is InChI=1S/C21H38N4O7/c1-14(16(27)28)15(26)22-12-10-8-9-11-13-23-17(24-18(29)31-20(2,3)4)25-19(30)32-21(5,6)7/h14H,8-13H2,1-7H3,(H,22,26)(H,27,28)(H2,23,24,25,29,30). The van der Waals surface area contributed by atoms with Gasteiger partial charge in [-0.15, -0.1) is 0 Å². The van der Waals surface area contributed by atoms with E-state index < -0.39 is 41.2 Å². The molecule has 11 nitrogen and oxygen atoms in total. The van der Waals surface area contributed by atoms with E-state index in [1.807, 2.05) is 0 Å². The summed E-state index contributed by atoms with van der Waals surface area (Å²) in [4.78, 5) is 50.5. The van der Waals surface area contributed by atoms with Gasteiger partial charge in [0.1, 0.15) is 17.1 Å². The number of nitrogens with one attached hydrogen (secondary N) is 3. The van der Waals surface area contributed by atoms with Crippen molar-refractivity contribution in [3.05, 3.63) is 0 Å². The molecule has 32 heavy (non-hydrogen) atoms. The number of amides is 3. The lowest BCUT2D eigenvalue weighted by atomic mass is 10.1. The van der Waals surface area contributed by atoms with Crippen LogP contribution in [-0.4, -0.2) is 59.4 Å². The van der Waals surface area contributed by atoms with Crippen LogP contribution in [0.15, 0.2) is 4.99 Å². The van der Waals surface area contributed by atoms with Crippen molar-refractivity contribution in [1.82, 2.24) is 16.0 Å². The van der Waals surface area contributed by atoms with Gasteiger partial charge < -0.3 is 19.9 Å². The van der Waals surface area contributed by atoms with E-state index in [1.165, 1.54) is 6.92 Å². The molecule has 0 rings (SSSR count). The van der Waals surface area contributed by atoms with E-state index in [1.54, 1.807) is 41.5 Å². The van der Waals surface area contributed by atoms with Gasteiger partial charge in [-0.3, -0.25) is 25.2 Å². The Labute approximate surface area is 189 Å². The van der Waals surface area contributed by atoms with Crippen LogP contribution in [0.3, 0.4) is 0 Å². The summed E-state index contributed by atoms with van der Waals surface area (Å²) in [6.45, 7) is 12.4. The van der Waals surface area contributed by atoms with Crippen LogP contribution >= 0.6 is 0 Å². The second-order valence-corrected chi connectivity index (χ2v) is 9.25. The molecule has 0 saturated heterocycles. The lowest BCUT2D eigenvalue weighted by molar-refractivity contribution is -0.146. The molecule has 0 aromatic rings. The van der Waals surface area contributed by atoms with Crippen LogP contribution in [0.5, 0.6) is 0 Å². The fraction of sp³-hybridized carbons (Fsp3) is 0.762. The maximum absolute atomic E-state index is 12.0. The highest BCUT2D eigenvalue weighted by Crippen LogP contribution is 2.08. The minimum Gasteiger partial charge on any atom is -0.481 e. The van der Waals surface area contributed by atoms with E-state index in [9.17, 15) is 19.2 Å². The molecule has 0 radical (unpaired) electrons. The summed E-state index contributed by atoms with van der Waals surface area (Å²) in [6.07, 6.45) is 1.46. The fourth-order valence-corrected chi connectivity index (χ4v) is 2.17. The van der Waals surface area contributed by atoms with Crippen molar-refractivity contribution in [2.24, 2.45) is 10.9 Å². The number of unbranched alkanes of at least 4 members (excludes halogenated alkanes) is 3. The second kappa shape index (κ2) is 13.5. The lowest BCUT2D eigenvalue weighted by Crippen LogP contribution is -2.47. The summed E-state index contributed by atoms with van der Waals surface area (Å²) in [5, 5.41) is 16.2. The number of alkyl carbamates (subject to hydrolysis) is 2. The predicted molar refractivity (Wildman–Crippen MR) is 119 cm³/mol. The molecule has 0 bridgehead atoms. The average Bonchev–Trinajstić information content (AvgIpc) is 2.59. The van der Waals surface area contributed by atoms with Gasteiger partial charge in [0.2, 0.25) is 11.9 Å². The Balaban J connectivity index is 4.52. The number of nitrogens with zero attached hydrogens (tertiary/aromatic N) is 1. The van der Waals surface area contributed by atoms with Crippen molar-refractivity contribution in [2.75, 3.05) is 13.1 Å². The van der Waals surface area contributed by atoms with Crippen LogP contribution in [-0.2, 0) is 19.1 Å². The van der Waals surface area contributed by atoms with Gasteiger partial charge in [-0.1, -0.05) is 12.8 Å². The van der Waals surface area contributed by atoms with Crippen molar-refractivity contribution < 1.29 is 33.8 Å². The molecule has 0 aromatic carbocycles. The summed E-state index contributed by atoms with van der Waals surface area (Å²) in [5.74, 6) is -2.80. The number of ether oxygens (including phenoxy) is 2. The van der Waals surface area contributed by atoms with Gasteiger partial charge in [-0.2, -0.15) is 0 Å². The van der Waals surface area contributed by atoms with Crippen molar-refractivity contribution in [2.45, 2.75) is 85.4 Å². The maximum Gasteiger partial charge on any atom is 0.414 e. The molecule has 0 saturated carbocycles. The van der Waals surface area contributed by atoms with Crippen molar-refractivity contribution in [3.8, 4) is 0 Å². The smallest absolute Gasteiger partial charge is 0.414 e. The molecule has 0 fully saturated rings. The molecule has 1 unspecified atom stereocenters. The van der Waals surface area contributed by atoms with Crippen LogP contribution < -0.4 is 16.0 Å². The number of hydrogen-bond donors (Lipinski definition) is 4. The van der Waals surface area contributed by atoms with Crippen molar-refractivity contribution >= 4 is 30.0 Å². The number of guanidine groups is 1. The molecule has 0 aliphatic rings. The third kappa shape index (κ3) is 15.9. The molecule has 11 heteroatoms. The number of carboxylic acids is 1. The quantitative estimate of drug-likeness (QED) is 0.179. The van der Waals surface area contributed by atoms with Gasteiger partial charge in [0, 0.05) is 13.1 Å². The van der Waals surface area contributed by atoms with E-state index in [0.29, 0.717) is 25.9 Å². The number of aliphatic carboxylic acids is 1. The highest BCUT2D eigenvalue weighted by Gasteiger charge is 2.21. The molecule has 184 valence electrons. The zero-order valence-electron chi connectivity index (χ0n) is 20.2. The Hall–Kier alpha value is -2.85. The van der Waals surface area contributed by atoms with Crippen molar-refractivity contribution in [1.29, 1.82) is 0 Å². The maximum atomic E-state index is 12.0. The first-order chi connectivity index (χ1) is 14.6. The molecule has 0 spiro atoms. The van der Waals surface area contributed by atoms with Gasteiger partial charge in [0.05, 0.1) is 0 Å². The summed E-state index contributed by atoms with van der Waals surface area (Å²) >= 11 is 0. The molecule has 4 N–H and O–H groups in total. The molecule has 1 atom stereocenters. The summed E-state index contributed by atoms with van der Waals surface area (Å²) in [7, 11) is 0. The topological polar surface area (TPSA) is 155 Å². The first-order valence-corrected chi connectivity index (χ1v) is 10.7. The summed E-state index contributed by atoms with van der Waals surface area (Å²) in [6, 6.07) is 0. The van der Waals surface area contributed by atoms with Crippen LogP contribution in [0, 0.1) is 5.92 Å². The Morgan fingerprint density at radius 1 is 0.844 bits per heavy atom. The predicted octanol–water partition coefficient (Wildman–Crippen LogP) is 2.79. The van der Waals surface area contributed by atoms with Crippen LogP contribution in [0.25, 0.3) is 0 Å². The van der Waals surface area contributed by atoms with E-state index in [-0.39, 0.29) is 5.96 Å². The molecule has 0 aliphatic heterocycles. The highest BCUT2D eigenvalue weighted by molar-refractivity contribution is 6.01. The van der Waals surface area contributed by atoms with E-state index in [4.69, 9.17) is 14.6 Å². The monoisotopic (exact) mass is 458 g/mol. The Bertz CT molecular complexity index is 647. The molecule has 0 heterocycles. The largest absolute Gasteiger partial charge is 0.481 e. The van der Waals surface area contributed by atoms with Crippen LogP contribution in [0.1, 0.15) is 74.1 Å². The Morgan fingerprint density at radius 2 is 1.31 bits per heavy atom. The SMILES string of the molecule is CC(C(=O)O)C(=O)NCCCCCCN=C(NC(=O)OC(C)(C)C)NC(=O)OC(C)(C)C. The van der Waals surface area contributed by atoms with Gasteiger partial charge in [0.15, 0.2) is 0 Å². The minimum absolute atomic E-state index is 0.0663. The number of carbonyl (C=O) groups excluding carboxylic acids is 3. The average molecular weight is 459 g/mol. The number of carboxylic acid groups (broad SMARTS) is 1. The van der Waals surface area contributed by atoms with Crippen LogP contribution in [0.2, 0.25) is 0 Å². The van der Waals surface area contributed by atoms with E-state index >= 15 is 0 Å². The van der Waals surface area contributed by atoms with Gasteiger partial charge >= 0.3 is 18.2 Å². The number of aliphatic imine (C=N–C) groups is 1. The zero-order valence-corrected chi connectivity index (χ0v) is 20.2. The first kappa shape index (κ1) is 29.1. The van der Waals surface area contributed by atoms with E-state index in [0.717, 1.165) is 12.8 Å². The lowest BCUT2D eigenvalue weighted by Gasteiger charge is -2.22. The number of rotatable bonds is 9. The molecular formula is C21H38N4O7. The Morgan fingerprint density at radius 3 is 1.75 bits per heavy atom. The van der Waals surface area contributed by atoms with Crippen molar-refractivity contribution in [3.63, 3.8) is 0 Å². The molecule has 0 aliphatic carbocycles. The summed E-state index contributed by atoms with van der Waals surface area (Å²) < 4.78 is 10.4. The highest BCUT2D eigenvalue weighted by atomic mass is 16.6. The molecule has 0 aromatic heterocycles. The third-order valence-corrected chi connectivity index (χ3v) is 3.66. The fourth-order valence-electron chi connectivity index (χ4n) is 2.17. The number of carbonyl (C=O) groups is 4. The number of hydrogen-bond acceptors (Lipinski definition) is 7. The first-order valence-electron chi connectivity index (χ1n) is 10.7. The zero-order chi connectivity index (χ0) is 24.9. The molecular weight excluding hydrogens is 420 g/mol. The van der Waals surface area contributed by atoms with Gasteiger partial charge in [0.25, 0.3) is 0 Å². The normalized spacial score (nSPS) is 12.2. The molecule has 3 amide bonds.